The summed E-state index contributed by atoms with van der Waals surface area (Å²) in [6.45, 7) is 6.29. The molecule has 0 aromatic carbocycles. The van der Waals surface area contributed by atoms with E-state index in [4.69, 9.17) is 4.52 Å². The summed E-state index contributed by atoms with van der Waals surface area (Å²) in [5, 5.41) is 3.94. The first-order valence-corrected chi connectivity index (χ1v) is 7.59. The SMILES string of the molecule is CC(C)Cc1cc(C(=O)N2CCN(C(=O)N(C)C)CC2)on1. The van der Waals surface area contributed by atoms with Crippen molar-refractivity contribution >= 4 is 11.9 Å². The predicted octanol–water partition coefficient (Wildman–Crippen LogP) is 1.31. The Bertz CT molecular complexity index is 531. The molecular weight excluding hydrogens is 284 g/mol. The topological polar surface area (TPSA) is 69.9 Å². The monoisotopic (exact) mass is 308 g/mol. The van der Waals surface area contributed by atoms with E-state index in [2.05, 4.69) is 19.0 Å². The number of piperazine rings is 1. The Labute approximate surface area is 130 Å². The average Bonchev–Trinajstić information content (AvgIpc) is 2.93. The second kappa shape index (κ2) is 6.81. The Morgan fingerprint density at radius 1 is 1.23 bits per heavy atom. The quantitative estimate of drug-likeness (QED) is 0.844. The predicted molar refractivity (Wildman–Crippen MR) is 81.6 cm³/mol. The van der Waals surface area contributed by atoms with Crippen molar-refractivity contribution in [3.8, 4) is 0 Å². The van der Waals surface area contributed by atoms with Crippen molar-refractivity contribution < 1.29 is 14.1 Å². The summed E-state index contributed by atoms with van der Waals surface area (Å²) in [6.07, 6.45) is 0.794. The Hall–Kier alpha value is -2.05. The summed E-state index contributed by atoms with van der Waals surface area (Å²) in [5.74, 6) is 0.594. The molecule has 1 saturated heterocycles. The van der Waals surface area contributed by atoms with Crippen LogP contribution in [0, 0.1) is 5.92 Å². The molecule has 0 saturated carbocycles. The maximum atomic E-state index is 12.4. The Morgan fingerprint density at radius 2 is 1.82 bits per heavy atom. The molecule has 0 aliphatic carbocycles. The lowest BCUT2D eigenvalue weighted by Gasteiger charge is -2.35. The normalized spacial score (nSPS) is 15.3. The highest BCUT2D eigenvalue weighted by Crippen LogP contribution is 2.13. The standard InChI is InChI=1S/C15H24N4O3/c1-11(2)9-12-10-13(22-16-12)14(20)18-5-7-19(8-6-18)15(21)17(3)4/h10-11H,5-9H2,1-4H3. The number of urea groups is 1. The first-order valence-electron chi connectivity index (χ1n) is 7.59. The molecule has 0 bridgehead atoms. The van der Waals surface area contributed by atoms with Gasteiger partial charge in [-0.15, -0.1) is 0 Å². The van der Waals surface area contributed by atoms with Crippen LogP contribution in [-0.4, -0.2) is 72.1 Å². The molecule has 1 aliphatic rings. The molecule has 1 fully saturated rings. The molecule has 1 aliphatic heterocycles. The molecule has 3 amide bonds. The highest BCUT2D eigenvalue weighted by atomic mass is 16.5. The summed E-state index contributed by atoms with van der Waals surface area (Å²) < 4.78 is 5.16. The molecular formula is C15H24N4O3. The number of carbonyl (C=O) groups excluding carboxylic acids is 2. The van der Waals surface area contributed by atoms with E-state index in [1.54, 1.807) is 34.9 Å². The number of carbonyl (C=O) groups is 2. The van der Waals surface area contributed by atoms with Gasteiger partial charge >= 0.3 is 6.03 Å². The van der Waals surface area contributed by atoms with Crippen molar-refractivity contribution in [3.05, 3.63) is 17.5 Å². The highest BCUT2D eigenvalue weighted by Gasteiger charge is 2.27. The van der Waals surface area contributed by atoms with Crippen LogP contribution >= 0.6 is 0 Å². The second-order valence-electron chi connectivity index (χ2n) is 6.24. The van der Waals surface area contributed by atoms with E-state index in [0.717, 1.165) is 12.1 Å². The van der Waals surface area contributed by atoms with E-state index in [0.29, 0.717) is 32.1 Å². The van der Waals surface area contributed by atoms with Crippen LogP contribution in [0.3, 0.4) is 0 Å². The number of hydrogen-bond acceptors (Lipinski definition) is 4. The molecule has 0 spiro atoms. The molecule has 0 radical (unpaired) electrons. The molecule has 22 heavy (non-hydrogen) atoms. The van der Waals surface area contributed by atoms with Crippen LogP contribution in [0.1, 0.15) is 30.1 Å². The van der Waals surface area contributed by atoms with Crippen LogP contribution in [0.4, 0.5) is 4.79 Å². The van der Waals surface area contributed by atoms with Gasteiger partial charge in [0, 0.05) is 46.3 Å². The maximum absolute atomic E-state index is 12.4. The fraction of sp³-hybridized carbons (Fsp3) is 0.667. The zero-order valence-electron chi connectivity index (χ0n) is 13.7. The molecule has 122 valence electrons. The van der Waals surface area contributed by atoms with Gasteiger partial charge in [0.15, 0.2) is 0 Å². The Balaban J connectivity index is 1.92. The number of rotatable bonds is 3. The van der Waals surface area contributed by atoms with Crippen molar-refractivity contribution in [2.45, 2.75) is 20.3 Å². The van der Waals surface area contributed by atoms with Crippen LogP contribution in [0.15, 0.2) is 10.6 Å². The van der Waals surface area contributed by atoms with Crippen LogP contribution in [0.25, 0.3) is 0 Å². The minimum atomic E-state index is -0.153. The highest BCUT2D eigenvalue weighted by molar-refractivity contribution is 5.91. The first-order chi connectivity index (χ1) is 10.4. The maximum Gasteiger partial charge on any atom is 0.319 e. The summed E-state index contributed by atoms with van der Waals surface area (Å²) in [6, 6.07) is 1.70. The minimum Gasteiger partial charge on any atom is -0.351 e. The molecule has 7 nitrogen and oxygen atoms in total. The average molecular weight is 308 g/mol. The van der Waals surface area contributed by atoms with Gasteiger partial charge in [-0.2, -0.15) is 0 Å². The van der Waals surface area contributed by atoms with E-state index >= 15 is 0 Å². The molecule has 0 atom stereocenters. The molecule has 2 rings (SSSR count). The molecule has 1 aromatic rings. The smallest absolute Gasteiger partial charge is 0.319 e. The van der Waals surface area contributed by atoms with Crippen LogP contribution in [0.5, 0.6) is 0 Å². The zero-order chi connectivity index (χ0) is 16.3. The lowest BCUT2D eigenvalue weighted by Crippen LogP contribution is -2.52. The first kappa shape index (κ1) is 16.3. The summed E-state index contributed by atoms with van der Waals surface area (Å²) in [7, 11) is 3.45. The van der Waals surface area contributed by atoms with Crippen molar-refractivity contribution in [1.29, 1.82) is 0 Å². The van der Waals surface area contributed by atoms with E-state index < -0.39 is 0 Å². The molecule has 7 heteroatoms. The van der Waals surface area contributed by atoms with Crippen molar-refractivity contribution in [2.24, 2.45) is 5.92 Å². The number of nitrogens with zero attached hydrogens (tertiary/aromatic N) is 4. The number of hydrogen-bond donors (Lipinski definition) is 0. The lowest BCUT2D eigenvalue weighted by atomic mass is 10.1. The molecule has 2 heterocycles. The van der Waals surface area contributed by atoms with Gasteiger partial charge in [0.1, 0.15) is 0 Å². The van der Waals surface area contributed by atoms with Crippen molar-refractivity contribution in [2.75, 3.05) is 40.3 Å². The van der Waals surface area contributed by atoms with Crippen LogP contribution < -0.4 is 0 Å². The largest absolute Gasteiger partial charge is 0.351 e. The second-order valence-corrected chi connectivity index (χ2v) is 6.24. The van der Waals surface area contributed by atoms with E-state index in [9.17, 15) is 9.59 Å². The van der Waals surface area contributed by atoms with Gasteiger partial charge in [-0.3, -0.25) is 4.79 Å². The van der Waals surface area contributed by atoms with Crippen LogP contribution in [0.2, 0.25) is 0 Å². The Kier molecular flexibility index (Phi) is 5.05. The zero-order valence-corrected chi connectivity index (χ0v) is 13.7. The third-order valence-electron chi connectivity index (χ3n) is 3.61. The lowest BCUT2D eigenvalue weighted by molar-refractivity contribution is 0.0611. The van der Waals surface area contributed by atoms with Gasteiger partial charge < -0.3 is 19.2 Å². The van der Waals surface area contributed by atoms with Gasteiger partial charge in [-0.05, 0) is 12.3 Å². The van der Waals surface area contributed by atoms with Crippen molar-refractivity contribution in [1.82, 2.24) is 19.9 Å². The van der Waals surface area contributed by atoms with Gasteiger partial charge in [-0.1, -0.05) is 19.0 Å². The van der Waals surface area contributed by atoms with Gasteiger partial charge in [0.2, 0.25) is 5.76 Å². The fourth-order valence-corrected chi connectivity index (χ4v) is 2.47. The van der Waals surface area contributed by atoms with Crippen LogP contribution in [-0.2, 0) is 6.42 Å². The summed E-state index contributed by atoms with van der Waals surface area (Å²) in [5.41, 5.74) is 0.805. The minimum absolute atomic E-state index is 0.0222. The van der Waals surface area contributed by atoms with Gasteiger partial charge in [0.25, 0.3) is 5.91 Å². The van der Waals surface area contributed by atoms with E-state index in [-0.39, 0.29) is 17.7 Å². The van der Waals surface area contributed by atoms with E-state index in [1.807, 2.05) is 0 Å². The summed E-state index contributed by atoms with van der Waals surface area (Å²) >= 11 is 0. The molecule has 0 unspecified atom stereocenters. The van der Waals surface area contributed by atoms with Gasteiger partial charge in [0.05, 0.1) is 5.69 Å². The van der Waals surface area contributed by atoms with Crippen molar-refractivity contribution in [3.63, 3.8) is 0 Å². The molecule has 1 aromatic heterocycles. The fourth-order valence-electron chi connectivity index (χ4n) is 2.47. The number of amides is 3. The third-order valence-corrected chi connectivity index (χ3v) is 3.61. The molecule has 0 N–H and O–H groups in total. The number of aromatic nitrogens is 1. The van der Waals surface area contributed by atoms with Gasteiger partial charge in [-0.25, -0.2) is 4.79 Å². The third kappa shape index (κ3) is 3.78. The van der Waals surface area contributed by atoms with E-state index in [1.165, 1.54) is 0 Å². The Morgan fingerprint density at radius 3 is 2.36 bits per heavy atom. The summed E-state index contributed by atoms with van der Waals surface area (Å²) in [4.78, 5) is 29.3.